The van der Waals surface area contributed by atoms with Crippen LogP contribution in [0.3, 0.4) is 0 Å². The van der Waals surface area contributed by atoms with Crippen LogP contribution in [0.5, 0.6) is 0 Å². The smallest absolute Gasteiger partial charge is 0.272 e. The van der Waals surface area contributed by atoms with Gasteiger partial charge < -0.3 is 15.1 Å². The summed E-state index contributed by atoms with van der Waals surface area (Å²) in [6.07, 6.45) is 0. The minimum absolute atomic E-state index is 0.0779. The lowest BCUT2D eigenvalue weighted by molar-refractivity contribution is 0.0923. The van der Waals surface area contributed by atoms with Gasteiger partial charge in [-0.3, -0.25) is 9.48 Å². The third-order valence-electron chi connectivity index (χ3n) is 4.51. The van der Waals surface area contributed by atoms with Crippen LogP contribution in [0.4, 0.5) is 0 Å². The molecule has 1 aromatic heterocycles. The Morgan fingerprint density at radius 3 is 2.78 bits per heavy atom. The Morgan fingerprint density at radius 1 is 1.30 bits per heavy atom. The second-order valence-electron chi connectivity index (χ2n) is 6.81. The molecule has 6 nitrogen and oxygen atoms in total. The Balaban J connectivity index is 1.80. The maximum absolute atomic E-state index is 12.7. The molecular weight excluding hydrogens is 290 g/mol. The van der Waals surface area contributed by atoms with Gasteiger partial charge in [0.15, 0.2) is 5.69 Å². The van der Waals surface area contributed by atoms with Crippen molar-refractivity contribution in [1.82, 2.24) is 24.9 Å². The zero-order valence-electron chi connectivity index (χ0n) is 14.3. The van der Waals surface area contributed by atoms with E-state index in [1.54, 1.807) is 4.68 Å². The van der Waals surface area contributed by atoms with Crippen LogP contribution < -0.4 is 5.32 Å². The summed E-state index contributed by atoms with van der Waals surface area (Å²) < 4.78 is 1.77. The quantitative estimate of drug-likeness (QED) is 0.906. The molecule has 1 aromatic carbocycles. The highest BCUT2D eigenvalue weighted by Gasteiger charge is 2.33. The Labute approximate surface area is 137 Å². The van der Waals surface area contributed by atoms with Gasteiger partial charge in [-0.25, -0.2) is 0 Å². The van der Waals surface area contributed by atoms with Gasteiger partial charge in [-0.15, -0.1) is 0 Å². The van der Waals surface area contributed by atoms with E-state index < -0.39 is 0 Å². The van der Waals surface area contributed by atoms with Crippen LogP contribution in [0.15, 0.2) is 24.3 Å². The number of amides is 1. The SMILES string of the molecule is CN(C)C[C@@H]1CN(C)C[C@H]1NC(=O)c1nn(C)c2ccccc12. The fraction of sp³-hybridized carbons (Fsp3) is 0.529. The summed E-state index contributed by atoms with van der Waals surface area (Å²) in [4.78, 5) is 17.2. The number of fused-ring (bicyclic) bond motifs is 1. The molecule has 0 aliphatic carbocycles. The molecule has 1 saturated heterocycles. The number of hydrogen-bond donors (Lipinski definition) is 1. The second kappa shape index (κ2) is 6.29. The van der Waals surface area contributed by atoms with Crippen molar-refractivity contribution in [2.45, 2.75) is 6.04 Å². The summed E-state index contributed by atoms with van der Waals surface area (Å²) in [6, 6.07) is 8.01. The predicted molar refractivity (Wildman–Crippen MR) is 91.5 cm³/mol. The number of aryl methyl sites for hydroxylation is 1. The first-order chi connectivity index (χ1) is 11.0. The van der Waals surface area contributed by atoms with E-state index in [1.165, 1.54) is 0 Å². The van der Waals surface area contributed by atoms with Crippen molar-refractivity contribution in [2.24, 2.45) is 13.0 Å². The van der Waals surface area contributed by atoms with Gasteiger partial charge in [-0.2, -0.15) is 5.10 Å². The van der Waals surface area contributed by atoms with Gasteiger partial charge in [0.05, 0.1) is 5.52 Å². The molecule has 6 heteroatoms. The highest BCUT2D eigenvalue weighted by molar-refractivity contribution is 6.04. The molecule has 0 saturated carbocycles. The van der Waals surface area contributed by atoms with E-state index in [0.29, 0.717) is 11.6 Å². The minimum atomic E-state index is -0.0779. The van der Waals surface area contributed by atoms with E-state index in [0.717, 1.165) is 30.5 Å². The number of carbonyl (C=O) groups excluding carboxylic acids is 1. The zero-order chi connectivity index (χ0) is 16.6. The third kappa shape index (κ3) is 3.23. The van der Waals surface area contributed by atoms with Crippen LogP contribution in [0, 0.1) is 5.92 Å². The van der Waals surface area contributed by atoms with Gasteiger partial charge >= 0.3 is 0 Å². The highest BCUT2D eigenvalue weighted by atomic mass is 16.2. The number of benzene rings is 1. The van der Waals surface area contributed by atoms with Crippen LogP contribution in [0.2, 0.25) is 0 Å². The number of carbonyl (C=O) groups is 1. The molecule has 3 rings (SSSR count). The molecular formula is C17H25N5O. The number of hydrogen-bond acceptors (Lipinski definition) is 4. The van der Waals surface area contributed by atoms with E-state index in [9.17, 15) is 4.79 Å². The van der Waals surface area contributed by atoms with Gasteiger partial charge in [0, 0.05) is 44.0 Å². The average Bonchev–Trinajstić information content (AvgIpc) is 3.00. The number of para-hydroxylation sites is 1. The molecule has 1 amide bonds. The number of nitrogens with one attached hydrogen (secondary N) is 1. The summed E-state index contributed by atoms with van der Waals surface area (Å²) in [5, 5.41) is 8.53. The molecule has 23 heavy (non-hydrogen) atoms. The average molecular weight is 315 g/mol. The number of rotatable bonds is 4. The van der Waals surface area contributed by atoms with E-state index >= 15 is 0 Å². The first-order valence-electron chi connectivity index (χ1n) is 8.01. The van der Waals surface area contributed by atoms with Crippen LogP contribution >= 0.6 is 0 Å². The molecule has 124 valence electrons. The number of likely N-dealkylation sites (tertiary alicyclic amines) is 1. The van der Waals surface area contributed by atoms with Crippen LogP contribution in [0.1, 0.15) is 10.5 Å². The van der Waals surface area contributed by atoms with Crippen molar-refractivity contribution in [1.29, 1.82) is 0 Å². The second-order valence-corrected chi connectivity index (χ2v) is 6.81. The molecule has 0 bridgehead atoms. The topological polar surface area (TPSA) is 53.4 Å². The molecule has 0 radical (unpaired) electrons. The molecule has 0 unspecified atom stereocenters. The fourth-order valence-electron chi connectivity index (χ4n) is 3.52. The monoisotopic (exact) mass is 315 g/mol. The Morgan fingerprint density at radius 2 is 2.04 bits per heavy atom. The van der Waals surface area contributed by atoms with Crippen molar-refractivity contribution >= 4 is 16.8 Å². The van der Waals surface area contributed by atoms with Crippen molar-refractivity contribution in [3.63, 3.8) is 0 Å². The van der Waals surface area contributed by atoms with Gasteiger partial charge in [0.25, 0.3) is 5.91 Å². The standard InChI is InChI=1S/C17H25N5O/c1-20(2)9-12-10-21(3)11-14(12)18-17(23)16-13-7-5-6-8-15(13)22(4)19-16/h5-8,12,14H,9-11H2,1-4H3,(H,18,23)/t12-,14-/m1/s1. The first-order valence-corrected chi connectivity index (χ1v) is 8.01. The third-order valence-corrected chi connectivity index (χ3v) is 4.51. The maximum Gasteiger partial charge on any atom is 0.272 e. The van der Waals surface area contributed by atoms with Crippen molar-refractivity contribution in [3.05, 3.63) is 30.0 Å². The number of aromatic nitrogens is 2. The molecule has 0 spiro atoms. The van der Waals surface area contributed by atoms with E-state index in [1.807, 2.05) is 31.3 Å². The number of nitrogens with zero attached hydrogens (tertiary/aromatic N) is 4. The Bertz CT molecular complexity index is 708. The van der Waals surface area contributed by atoms with Crippen LogP contribution in [0.25, 0.3) is 10.9 Å². The molecule has 2 aromatic rings. The lowest BCUT2D eigenvalue weighted by Gasteiger charge is -2.22. The Kier molecular flexibility index (Phi) is 4.37. The van der Waals surface area contributed by atoms with Gasteiger partial charge in [-0.1, -0.05) is 18.2 Å². The molecule has 2 atom stereocenters. The lowest BCUT2D eigenvalue weighted by Crippen LogP contribution is -2.43. The maximum atomic E-state index is 12.7. The molecule has 1 fully saturated rings. The highest BCUT2D eigenvalue weighted by Crippen LogP contribution is 2.20. The zero-order valence-corrected chi connectivity index (χ0v) is 14.3. The van der Waals surface area contributed by atoms with Crippen molar-refractivity contribution in [2.75, 3.05) is 40.8 Å². The van der Waals surface area contributed by atoms with E-state index in [-0.39, 0.29) is 11.9 Å². The first kappa shape index (κ1) is 16.0. The summed E-state index contributed by atoms with van der Waals surface area (Å²) in [5.74, 6) is 0.361. The minimum Gasteiger partial charge on any atom is -0.346 e. The lowest BCUT2D eigenvalue weighted by atomic mass is 10.0. The Hall–Kier alpha value is -1.92. The summed E-state index contributed by atoms with van der Waals surface area (Å²) in [7, 11) is 8.12. The molecule has 1 aliphatic rings. The molecule has 1 aliphatic heterocycles. The van der Waals surface area contributed by atoms with Gasteiger partial charge in [0.1, 0.15) is 0 Å². The van der Waals surface area contributed by atoms with Gasteiger partial charge in [-0.05, 0) is 27.2 Å². The number of likely N-dealkylation sites (N-methyl/N-ethyl adjacent to an activating group) is 1. The summed E-state index contributed by atoms with van der Waals surface area (Å²) in [6.45, 7) is 2.86. The van der Waals surface area contributed by atoms with E-state index in [2.05, 4.69) is 41.4 Å². The normalized spacial score (nSPS) is 22.1. The largest absolute Gasteiger partial charge is 0.346 e. The van der Waals surface area contributed by atoms with E-state index in [4.69, 9.17) is 0 Å². The van der Waals surface area contributed by atoms with Crippen molar-refractivity contribution in [3.8, 4) is 0 Å². The molecule has 2 heterocycles. The predicted octanol–water partition coefficient (Wildman–Crippen LogP) is 0.795. The molecule has 1 N–H and O–H groups in total. The fourth-order valence-corrected chi connectivity index (χ4v) is 3.52. The van der Waals surface area contributed by atoms with Crippen LogP contribution in [-0.2, 0) is 7.05 Å². The summed E-state index contributed by atoms with van der Waals surface area (Å²) >= 11 is 0. The van der Waals surface area contributed by atoms with Crippen LogP contribution in [-0.4, -0.2) is 72.3 Å². The summed E-state index contributed by atoms with van der Waals surface area (Å²) in [5.41, 5.74) is 1.49. The van der Waals surface area contributed by atoms with Gasteiger partial charge in [0.2, 0.25) is 0 Å². The van der Waals surface area contributed by atoms with Crippen molar-refractivity contribution < 1.29 is 4.79 Å².